The lowest BCUT2D eigenvalue weighted by molar-refractivity contribution is -0.220. The van der Waals surface area contributed by atoms with E-state index in [1.54, 1.807) is 12.2 Å². The first-order valence-corrected chi connectivity index (χ1v) is 24.0. The van der Waals surface area contributed by atoms with E-state index in [1.807, 2.05) is 30.4 Å². The molecule has 354 valence electrons. The first-order chi connectivity index (χ1) is 29.8. The number of aliphatic hydroxyl groups is 6. The van der Waals surface area contributed by atoms with Gasteiger partial charge in [0.1, 0.15) is 43.2 Å². The summed E-state index contributed by atoms with van der Waals surface area (Å²) in [5, 5.41) is 60.1. The van der Waals surface area contributed by atoms with Crippen LogP contribution in [0.1, 0.15) is 136 Å². The Bertz CT molecular complexity index is 1420. The van der Waals surface area contributed by atoms with E-state index in [2.05, 4.69) is 56.4 Å². The van der Waals surface area contributed by atoms with Crippen LogP contribution in [0.3, 0.4) is 0 Å². The van der Waals surface area contributed by atoms with Crippen molar-refractivity contribution in [1.29, 1.82) is 0 Å². The van der Waals surface area contributed by atoms with Gasteiger partial charge in [-0.05, 0) is 83.5 Å². The van der Waals surface area contributed by atoms with Gasteiger partial charge in [0.15, 0.2) is 6.10 Å². The van der Waals surface area contributed by atoms with Crippen LogP contribution in [-0.2, 0) is 32.7 Å². The van der Waals surface area contributed by atoms with Gasteiger partial charge in [-0.2, -0.15) is 0 Å². The van der Waals surface area contributed by atoms with E-state index in [1.165, 1.54) is 32.1 Å². The number of aliphatic hydroxyl groups excluding tert-OH is 6. The quantitative estimate of drug-likeness (QED) is 0.0108. The minimum absolute atomic E-state index is 0.0242. The van der Waals surface area contributed by atoms with Crippen molar-refractivity contribution in [3.63, 3.8) is 0 Å². The number of esters is 2. The third-order valence-electron chi connectivity index (χ3n) is 9.79. The average molecular weight is 897 g/mol. The smallest absolute Gasteiger partial charge is 0.462 e. The summed E-state index contributed by atoms with van der Waals surface area (Å²) < 4.78 is 33.3. The van der Waals surface area contributed by atoms with E-state index in [-0.39, 0.29) is 12.8 Å². The summed E-state index contributed by atoms with van der Waals surface area (Å²) in [6.45, 7) is 3.07. The fraction of sp³-hybridized carbons (Fsp3) is 0.660. The molecule has 0 heterocycles. The largest absolute Gasteiger partial charge is 0.472 e. The predicted molar refractivity (Wildman–Crippen MR) is 241 cm³/mol. The Morgan fingerprint density at radius 1 is 0.581 bits per heavy atom. The lowest BCUT2D eigenvalue weighted by Crippen LogP contribution is -2.64. The lowest BCUT2D eigenvalue weighted by Gasteiger charge is -2.41. The second-order valence-corrected chi connectivity index (χ2v) is 16.8. The Morgan fingerprint density at radius 2 is 1.06 bits per heavy atom. The first kappa shape index (κ1) is 57.0. The molecule has 0 aromatic rings. The normalized spacial score (nSPS) is 23.2. The molecule has 9 atom stereocenters. The van der Waals surface area contributed by atoms with Gasteiger partial charge in [-0.1, -0.05) is 125 Å². The lowest BCUT2D eigenvalue weighted by atomic mass is 9.85. The molecule has 62 heavy (non-hydrogen) atoms. The standard InChI is InChI=1S/C47H77O14P/c1-3-5-7-9-11-12-13-14-15-16-17-18-22-26-30-34-40(49)58-36-39(37-59-62(56,57)61-47-45(54)43(52)42(51)44(53)46(47)55)60-41(50)35-31-27-23-20-19-21-25-29-33-38(48)32-28-24-10-8-6-4-2/h11-12,14-15,17-18,20-21,23-25,28-29,33,38-39,42-48,51-55H,3-10,13,16,19,22,26-27,30-32,34-37H2,1-2H3,(H,56,57)/b12-11-,15-14-,18-17-,23-20-,25-21-,28-24-,33-29+/t38-,39+,42?,43-,44+,45+,46+,47?/m0/s1. The molecule has 3 unspecified atom stereocenters. The molecule has 0 aromatic carbocycles. The van der Waals surface area contributed by atoms with E-state index in [4.69, 9.17) is 18.5 Å². The van der Waals surface area contributed by atoms with Crippen molar-refractivity contribution in [2.24, 2.45) is 0 Å². The molecule has 1 fully saturated rings. The van der Waals surface area contributed by atoms with Crippen LogP contribution in [0.25, 0.3) is 0 Å². The molecule has 0 aliphatic heterocycles. The number of phosphoric ester groups is 1. The molecule has 7 N–H and O–H groups in total. The molecule has 14 nitrogen and oxygen atoms in total. The minimum Gasteiger partial charge on any atom is -0.462 e. The zero-order valence-electron chi connectivity index (χ0n) is 37.0. The summed E-state index contributed by atoms with van der Waals surface area (Å²) in [6.07, 6.45) is 29.5. The van der Waals surface area contributed by atoms with Crippen LogP contribution in [0.15, 0.2) is 85.1 Å². The number of carbonyl (C=O) groups is 2. The zero-order valence-corrected chi connectivity index (χ0v) is 37.9. The van der Waals surface area contributed by atoms with Crippen LogP contribution in [-0.4, -0.2) is 110 Å². The summed E-state index contributed by atoms with van der Waals surface area (Å²) in [4.78, 5) is 35.6. The number of unbranched alkanes of at least 4 members (excludes halogenated alkanes) is 9. The summed E-state index contributed by atoms with van der Waals surface area (Å²) in [7, 11) is -5.16. The van der Waals surface area contributed by atoms with Gasteiger partial charge in [0.25, 0.3) is 0 Å². The fourth-order valence-corrected chi connectivity index (χ4v) is 7.05. The van der Waals surface area contributed by atoms with Crippen molar-refractivity contribution in [3.8, 4) is 0 Å². The highest BCUT2D eigenvalue weighted by Crippen LogP contribution is 2.47. The molecular formula is C47H77O14P. The van der Waals surface area contributed by atoms with Crippen molar-refractivity contribution in [2.45, 2.75) is 185 Å². The maximum Gasteiger partial charge on any atom is 0.472 e. The van der Waals surface area contributed by atoms with Crippen molar-refractivity contribution in [1.82, 2.24) is 0 Å². The fourth-order valence-electron chi connectivity index (χ4n) is 6.07. The van der Waals surface area contributed by atoms with Gasteiger partial charge in [-0.3, -0.25) is 18.6 Å². The average Bonchev–Trinajstić information content (AvgIpc) is 3.25. The number of rotatable bonds is 35. The monoisotopic (exact) mass is 897 g/mol. The molecule has 0 radical (unpaired) electrons. The number of phosphoric acid groups is 1. The van der Waals surface area contributed by atoms with Gasteiger partial charge in [-0.15, -0.1) is 0 Å². The van der Waals surface area contributed by atoms with Gasteiger partial charge < -0.3 is 45.0 Å². The van der Waals surface area contributed by atoms with Gasteiger partial charge >= 0.3 is 19.8 Å². The number of ether oxygens (including phenoxy) is 2. The molecule has 0 saturated heterocycles. The minimum atomic E-state index is -5.16. The van der Waals surface area contributed by atoms with E-state index >= 15 is 0 Å². The van der Waals surface area contributed by atoms with Crippen molar-refractivity contribution in [2.75, 3.05) is 13.2 Å². The molecule has 15 heteroatoms. The van der Waals surface area contributed by atoms with Crippen molar-refractivity contribution >= 4 is 19.8 Å². The highest BCUT2D eigenvalue weighted by atomic mass is 31.2. The Balaban J connectivity index is 2.59. The highest BCUT2D eigenvalue weighted by Gasteiger charge is 2.51. The topological polar surface area (TPSA) is 230 Å². The predicted octanol–water partition coefficient (Wildman–Crippen LogP) is 7.47. The summed E-state index contributed by atoms with van der Waals surface area (Å²) in [5.41, 5.74) is 0. The van der Waals surface area contributed by atoms with Crippen LogP contribution in [0.5, 0.6) is 0 Å². The number of hydrogen-bond donors (Lipinski definition) is 7. The molecule has 0 bridgehead atoms. The van der Waals surface area contributed by atoms with Crippen molar-refractivity contribution in [3.05, 3.63) is 85.1 Å². The third kappa shape index (κ3) is 28.6. The summed E-state index contributed by atoms with van der Waals surface area (Å²) in [5.74, 6) is -1.26. The van der Waals surface area contributed by atoms with Crippen molar-refractivity contribution < 1.29 is 68.2 Å². The zero-order chi connectivity index (χ0) is 45.9. The molecule has 1 rings (SSSR count). The molecule has 1 aliphatic rings. The Morgan fingerprint density at radius 3 is 1.65 bits per heavy atom. The van der Waals surface area contributed by atoms with Gasteiger partial charge in [0, 0.05) is 12.8 Å². The van der Waals surface area contributed by atoms with Crippen LogP contribution in [0.4, 0.5) is 0 Å². The maximum absolute atomic E-state index is 12.8. The van der Waals surface area contributed by atoms with Crippen LogP contribution in [0, 0.1) is 0 Å². The number of hydrogen-bond acceptors (Lipinski definition) is 13. The molecular weight excluding hydrogens is 819 g/mol. The summed E-state index contributed by atoms with van der Waals surface area (Å²) >= 11 is 0. The van der Waals surface area contributed by atoms with Gasteiger partial charge in [0.05, 0.1) is 12.7 Å². The Labute approximate surface area is 370 Å². The maximum atomic E-state index is 12.8. The molecule has 0 amide bonds. The second kappa shape index (κ2) is 36.3. The Kier molecular flexibility index (Phi) is 33.4. The van der Waals surface area contributed by atoms with Gasteiger partial charge in [0.2, 0.25) is 0 Å². The number of allylic oxidation sites excluding steroid dienone is 12. The van der Waals surface area contributed by atoms with Crippen LogP contribution in [0.2, 0.25) is 0 Å². The van der Waals surface area contributed by atoms with E-state index < -0.39 is 81.8 Å². The molecule has 1 saturated carbocycles. The van der Waals surface area contributed by atoms with Gasteiger partial charge in [-0.25, -0.2) is 4.57 Å². The van der Waals surface area contributed by atoms with E-state index in [0.717, 1.165) is 44.9 Å². The van der Waals surface area contributed by atoms with Crippen LogP contribution >= 0.6 is 7.82 Å². The summed E-state index contributed by atoms with van der Waals surface area (Å²) in [6, 6.07) is 0. The third-order valence-corrected chi connectivity index (χ3v) is 10.8. The number of carbonyl (C=O) groups excluding carboxylic acids is 2. The SMILES string of the molecule is CCCCC/C=C\C/C=C\C/C=C\CCCCC(=O)OC[C@H](COP(=O)(O)OC1[C@H](O)[C@H](O)C(O)[C@H](O)[C@H]1O)OC(=O)CCC/C=C\C/C=C\C=C\[C@@H](O)C/C=C\CCCCC. The molecule has 0 spiro atoms. The first-order valence-electron chi connectivity index (χ1n) is 22.5. The molecule has 0 aromatic heterocycles. The second-order valence-electron chi connectivity index (χ2n) is 15.4. The van der Waals surface area contributed by atoms with E-state index in [0.29, 0.717) is 32.1 Å². The highest BCUT2D eigenvalue weighted by molar-refractivity contribution is 7.47. The molecule has 1 aliphatic carbocycles. The van der Waals surface area contributed by atoms with Crippen LogP contribution < -0.4 is 0 Å². The van der Waals surface area contributed by atoms with E-state index in [9.17, 15) is 49.7 Å². The Hall–Kier alpha value is -3.01.